The van der Waals surface area contributed by atoms with E-state index in [0.29, 0.717) is 26.1 Å². The van der Waals surface area contributed by atoms with Crippen molar-refractivity contribution in [3.63, 3.8) is 0 Å². The zero-order valence-electron chi connectivity index (χ0n) is 11.9. The standard InChI is InChI=1S/C15H22O4/c1-11-9-13(14(17-3)10-12(11)2)15(5-4-6-16)18-7-8-19-15/h9-10,16H,4-8H2,1-3H3. The summed E-state index contributed by atoms with van der Waals surface area (Å²) in [7, 11) is 1.66. The molecule has 1 aliphatic rings. The topological polar surface area (TPSA) is 47.9 Å². The van der Waals surface area contributed by atoms with Crippen LogP contribution in [0.1, 0.15) is 29.5 Å². The Morgan fingerprint density at radius 1 is 1.21 bits per heavy atom. The number of aliphatic hydroxyl groups excluding tert-OH is 1. The van der Waals surface area contributed by atoms with Gasteiger partial charge < -0.3 is 19.3 Å². The molecule has 0 radical (unpaired) electrons. The van der Waals surface area contributed by atoms with E-state index in [1.807, 2.05) is 6.07 Å². The highest BCUT2D eigenvalue weighted by molar-refractivity contribution is 5.44. The second-order valence-electron chi connectivity index (χ2n) is 4.91. The minimum absolute atomic E-state index is 0.127. The van der Waals surface area contributed by atoms with Crippen LogP contribution in [0, 0.1) is 13.8 Å². The molecule has 0 spiro atoms. The SMILES string of the molecule is COc1cc(C)c(C)cc1C1(CCCO)OCCO1. The molecule has 1 heterocycles. The van der Waals surface area contributed by atoms with Crippen LogP contribution in [0.15, 0.2) is 12.1 Å². The van der Waals surface area contributed by atoms with E-state index >= 15 is 0 Å². The lowest BCUT2D eigenvalue weighted by atomic mass is 9.95. The Morgan fingerprint density at radius 2 is 1.84 bits per heavy atom. The highest BCUT2D eigenvalue weighted by atomic mass is 16.7. The third-order valence-electron chi connectivity index (χ3n) is 3.64. The molecule has 0 saturated carbocycles. The molecule has 0 atom stereocenters. The quantitative estimate of drug-likeness (QED) is 0.888. The van der Waals surface area contributed by atoms with E-state index in [-0.39, 0.29) is 6.61 Å². The molecule has 0 aliphatic carbocycles. The second-order valence-corrected chi connectivity index (χ2v) is 4.91. The van der Waals surface area contributed by atoms with Crippen LogP contribution in [0.4, 0.5) is 0 Å². The summed E-state index contributed by atoms with van der Waals surface area (Å²) in [4.78, 5) is 0. The first-order valence-corrected chi connectivity index (χ1v) is 6.67. The molecule has 1 aliphatic heterocycles. The molecule has 19 heavy (non-hydrogen) atoms. The molecule has 0 bridgehead atoms. The molecular weight excluding hydrogens is 244 g/mol. The molecule has 106 valence electrons. The highest BCUT2D eigenvalue weighted by Crippen LogP contribution is 2.41. The number of aliphatic hydroxyl groups is 1. The van der Waals surface area contributed by atoms with Crippen molar-refractivity contribution in [1.82, 2.24) is 0 Å². The molecular formula is C15H22O4. The molecule has 0 unspecified atom stereocenters. The minimum Gasteiger partial charge on any atom is -0.496 e. The summed E-state index contributed by atoms with van der Waals surface area (Å²) in [6, 6.07) is 4.08. The maximum Gasteiger partial charge on any atom is 0.198 e. The molecule has 4 nitrogen and oxygen atoms in total. The molecule has 4 heteroatoms. The summed E-state index contributed by atoms with van der Waals surface area (Å²) < 4.78 is 17.2. The summed E-state index contributed by atoms with van der Waals surface area (Å²) >= 11 is 0. The number of hydrogen-bond acceptors (Lipinski definition) is 4. The lowest BCUT2D eigenvalue weighted by Crippen LogP contribution is -2.28. The van der Waals surface area contributed by atoms with Crippen LogP contribution in [-0.2, 0) is 15.3 Å². The number of rotatable bonds is 5. The normalized spacial score (nSPS) is 17.7. The fourth-order valence-corrected chi connectivity index (χ4v) is 2.46. The number of hydrogen-bond donors (Lipinski definition) is 1. The highest BCUT2D eigenvalue weighted by Gasteiger charge is 2.40. The van der Waals surface area contributed by atoms with E-state index in [4.69, 9.17) is 19.3 Å². The molecule has 0 amide bonds. The Labute approximate surface area is 114 Å². The van der Waals surface area contributed by atoms with Gasteiger partial charge >= 0.3 is 0 Å². The molecule has 1 N–H and O–H groups in total. The second kappa shape index (κ2) is 5.90. The maximum atomic E-state index is 9.07. The third kappa shape index (κ3) is 2.76. The van der Waals surface area contributed by atoms with Crippen molar-refractivity contribution in [2.45, 2.75) is 32.5 Å². The van der Waals surface area contributed by atoms with Gasteiger partial charge in [-0.2, -0.15) is 0 Å². The van der Waals surface area contributed by atoms with Gasteiger partial charge in [0, 0.05) is 13.0 Å². The Kier molecular flexibility index (Phi) is 4.45. The Bertz CT molecular complexity index is 436. The van der Waals surface area contributed by atoms with Crippen molar-refractivity contribution in [3.8, 4) is 5.75 Å². The zero-order valence-corrected chi connectivity index (χ0v) is 11.9. The Balaban J connectivity index is 2.43. The van der Waals surface area contributed by atoms with Crippen LogP contribution < -0.4 is 4.74 Å². The molecule has 1 aromatic rings. The predicted octanol–water partition coefficient (Wildman–Crippen LogP) is 2.28. The fraction of sp³-hybridized carbons (Fsp3) is 0.600. The summed E-state index contributed by atoms with van der Waals surface area (Å²) in [6.07, 6.45) is 1.26. The minimum atomic E-state index is -0.771. The van der Waals surface area contributed by atoms with Gasteiger partial charge in [-0.05, 0) is 43.5 Å². The maximum absolute atomic E-state index is 9.07. The first kappa shape index (κ1) is 14.3. The summed E-state index contributed by atoms with van der Waals surface area (Å²) in [6.45, 7) is 5.38. The van der Waals surface area contributed by atoms with Crippen molar-refractivity contribution in [2.75, 3.05) is 26.9 Å². The van der Waals surface area contributed by atoms with Crippen molar-refractivity contribution < 1.29 is 19.3 Å². The van der Waals surface area contributed by atoms with E-state index in [1.165, 1.54) is 11.1 Å². The van der Waals surface area contributed by atoms with Gasteiger partial charge in [-0.15, -0.1) is 0 Å². The summed E-state index contributed by atoms with van der Waals surface area (Å²) in [5, 5.41) is 9.07. The Hall–Kier alpha value is -1.10. The average Bonchev–Trinajstić information content (AvgIpc) is 2.89. The van der Waals surface area contributed by atoms with Crippen LogP contribution in [0.5, 0.6) is 5.75 Å². The molecule has 2 rings (SSSR count). The van der Waals surface area contributed by atoms with Gasteiger partial charge in [-0.25, -0.2) is 0 Å². The first-order chi connectivity index (χ1) is 9.13. The molecule has 1 aromatic carbocycles. The molecule has 1 saturated heterocycles. The van der Waals surface area contributed by atoms with E-state index in [2.05, 4.69) is 19.9 Å². The number of aryl methyl sites for hydroxylation is 2. The van der Waals surface area contributed by atoms with Gasteiger partial charge in [0.2, 0.25) is 0 Å². The number of benzene rings is 1. The van der Waals surface area contributed by atoms with Gasteiger partial charge in [-0.3, -0.25) is 0 Å². The summed E-state index contributed by atoms with van der Waals surface area (Å²) in [5.74, 6) is 0.00920. The van der Waals surface area contributed by atoms with E-state index < -0.39 is 5.79 Å². The number of methoxy groups -OCH3 is 1. The van der Waals surface area contributed by atoms with Crippen LogP contribution in [0.3, 0.4) is 0 Å². The van der Waals surface area contributed by atoms with Gasteiger partial charge in [-0.1, -0.05) is 0 Å². The zero-order chi connectivity index (χ0) is 13.9. The van der Waals surface area contributed by atoms with Gasteiger partial charge in [0.05, 0.1) is 25.9 Å². The van der Waals surface area contributed by atoms with Gasteiger partial charge in [0.1, 0.15) is 5.75 Å². The van der Waals surface area contributed by atoms with Crippen molar-refractivity contribution in [2.24, 2.45) is 0 Å². The largest absolute Gasteiger partial charge is 0.496 e. The summed E-state index contributed by atoms with van der Waals surface area (Å²) in [5.41, 5.74) is 3.28. The van der Waals surface area contributed by atoms with Gasteiger partial charge in [0.25, 0.3) is 0 Å². The van der Waals surface area contributed by atoms with Crippen molar-refractivity contribution in [3.05, 3.63) is 28.8 Å². The lowest BCUT2D eigenvalue weighted by molar-refractivity contribution is -0.173. The Morgan fingerprint density at radius 3 is 2.42 bits per heavy atom. The van der Waals surface area contributed by atoms with Crippen LogP contribution in [0.25, 0.3) is 0 Å². The number of ether oxygens (including phenoxy) is 3. The monoisotopic (exact) mass is 266 g/mol. The predicted molar refractivity (Wildman–Crippen MR) is 72.4 cm³/mol. The lowest BCUT2D eigenvalue weighted by Gasteiger charge is -2.30. The van der Waals surface area contributed by atoms with E-state index in [1.54, 1.807) is 7.11 Å². The van der Waals surface area contributed by atoms with Crippen LogP contribution in [0.2, 0.25) is 0 Å². The average molecular weight is 266 g/mol. The van der Waals surface area contributed by atoms with E-state index in [0.717, 1.165) is 11.3 Å². The van der Waals surface area contributed by atoms with Crippen LogP contribution >= 0.6 is 0 Å². The first-order valence-electron chi connectivity index (χ1n) is 6.67. The third-order valence-corrected chi connectivity index (χ3v) is 3.64. The smallest absolute Gasteiger partial charge is 0.198 e. The van der Waals surface area contributed by atoms with Gasteiger partial charge in [0.15, 0.2) is 5.79 Å². The van der Waals surface area contributed by atoms with Crippen molar-refractivity contribution >= 4 is 0 Å². The van der Waals surface area contributed by atoms with Crippen LogP contribution in [-0.4, -0.2) is 32.0 Å². The molecule has 1 fully saturated rings. The van der Waals surface area contributed by atoms with Crippen molar-refractivity contribution in [1.29, 1.82) is 0 Å². The fourth-order valence-electron chi connectivity index (χ4n) is 2.46. The molecule has 0 aromatic heterocycles. The van der Waals surface area contributed by atoms with E-state index in [9.17, 15) is 0 Å².